The van der Waals surface area contributed by atoms with E-state index in [2.05, 4.69) is 13.8 Å². The van der Waals surface area contributed by atoms with Gasteiger partial charge in [0.05, 0.1) is 25.7 Å². The second-order valence-corrected chi connectivity index (χ2v) is 5.18. The molecule has 0 saturated heterocycles. The second kappa shape index (κ2) is 6.54. The third kappa shape index (κ3) is 9.39. The normalized spacial score (nSPS) is 10.5. The van der Waals surface area contributed by atoms with E-state index in [0.717, 1.165) is 0 Å². The molecule has 2 nitrogen and oxygen atoms in total. The van der Waals surface area contributed by atoms with Crippen molar-refractivity contribution >= 4 is 0 Å². The van der Waals surface area contributed by atoms with Gasteiger partial charge in [-0.25, -0.2) is 0 Å². The summed E-state index contributed by atoms with van der Waals surface area (Å²) in [5, 5.41) is 0. The summed E-state index contributed by atoms with van der Waals surface area (Å²) in [5.74, 6) is 0. The van der Waals surface area contributed by atoms with Crippen LogP contribution in [0.5, 0.6) is 0 Å². The van der Waals surface area contributed by atoms with Gasteiger partial charge in [0.25, 0.3) is 0 Å². The van der Waals surface area contributed by atoms with Gasteiger partial charge in [0.1, 0.15) is 0 Å². The van der Waals surface area contributed by atoms with E-state index in [1.165, 1.54) is 11.1 Å². The van der Waals surface area contributed by atoms with Gasteiger partial charge in [-0.3, -0.25) is 0 Å². The molecule has 0 bridgehead atoms. The highest BCUT2D eigenvalue weighted by molar-refractivity contribution is 4.88. The zero-order valence-electron chi connectivity index (χ0n) is 10.9. The maximum atomic E-state index is 5.45. The first-order chi connectivity index (χ1) is 6.83. The third-order valence-electron chi connectivity index (χ3n) is 1.59. The van der Waals surface area contributed by atoms with Crippen molar-refractivity contribution in [1.82, 2.24) is 0 Å². The lowest BCUT2D eigenvalue weighted by Crippen LogP contribution is -2.23. The van der Waals surface area contributed by atoms with E-state index < -0.39 is 0 Å². The highest BCUT2D eigenvalue weighted by atomic mass is 16.5. The first-order valence-electron chi connectivity index (χ1n) is 5.33. The van der Waals surface area contributed by atoms with E-state index in [9.17, 15) is 0 Å². The van der Waals surface area contributed by atoms with Gasteiger partial charge >= 0.3 is 0 Å². The van der Waals surface area contributed by atoms with Crippen LogP contribution in [0.3, 0.4) is 0 Å². The molecule has 0 saturated carbocycles. The van der Waals surface area contributed by atoms with E-state index in [0.29, 0.717) is 13.2 Å². The van der Waals surface area contributed by atoms with E-state index in [1.54, 1.807) is 12.5 Å². The summed E-state index contributed by atoms with van der Waals surface area (Å²) in [6, 6.07) is 0. The fraction of sp³-hybridized carbons (Fsp3) is 0.692. The first kappa shape index (κ1) is 14.1. The van der Waals surface area contributed by atoms with Gasteiger partial charge in [0, 0.05) is 5.41 Å². The minimum atomic E-state index is 0.0396. The summed E-state index contributed by atoms with van der Waals surface area (Å²) in [6.07, 6.45) is 3.59. The van der Waals surface area contributed by atoms with Crippen molar-refractivity contribution in [2.24, 2.45) is 5.41 Å². The minimum Gasteiger partial charge on any atom is -0.501 e. The highest BCUT2D eigenvalue weighted by Crippen LogP contribution is 2.16. The Kier molecular flexibility index (Phi) is 6.14. The number of allylic oxidation sites excluding steroid dienone is 2. The zero-order valence-corrected chi connectivity index (χ0v) is 10.9. The van der Waals surface area contributed by atoms with Crippen LogP contribution in [0.1, 0.15) is 41.5 Å². The summed E-state index contributed by atoms with van der Waals surface area (Å²) >= 11 is 0. The molecular formula is C13H24O2. The second-order valence-electron chi connectivity index (χ2n) is 5.18. The lowest BCUT2D eigenvalue weighted by Gasteiger charge is -2.23. The highest BCUT2D eigenvalue weighted by Gasteiger charge is 2.18. The van der Waals surface area contributed by atoms with Gasteiger partial charge in [-0.05, 0) is 38.8 Å². The Hall–Kier alpha value is -0.920. The Bertz CT molecular complexity index is 205. The van der Waals surface area contributed by atoms with Crippen LogP contribution in [-0.2, 0) is 9.47 Å². The maximum absolute atomic E-state index is 5.45. The number of ether oxygens (including phenoxy) is 2. The molecule has 0 amide bonds. The molecule has 0 fully saturated rings. The fourth-order valence-corrected chi connectivity index (χ4v) is 0.910. The maximum Gasteiger partial charge on any atom is 0.0956 e. The molecule has 0 rings (SSSR count). The SMILES string of the molecule is CC(C)=COCC(C)(C)COC=C(C)C. The lowest BCUT2D eigenvalue weighted by molar-refractivity contribution is 0.0643. The minimum absolute atomic E-state index is 0.0396. The van der Waals surface area contributed by atoms with Crippen LogP contribution in [0.25, 0.3) is 0 Å². The predicted molar refractivity (Wildman–Crippen MR) is 64.5 cm³/mol. The molecule has 0 heterocycles. The molecule has 0 N–H and O–H groups in total. The summed E-state index contributed by atoms with van der Waals surface area (Å²) in [6.45, 7) is 13.7. The van der Waals surface area contributed by atoms with Crippen LogP contribution >= 0.6 is 0 Å². The van der Waals surface area contributed by atoms with Crippen molar-refractivity contribution in [3.8, 4) is 0 Å². The van der Waals surface area contributed by atoms with E-state index >= 15 is 0 Å². The predicted octanol–water partition coefficient (Wildman–Crippen LogP) is 3.89. The average molecular weight is 212 g/mol. The van der Waals surface area contributed by atoms with E-state index in [1.807, 2.05) is 27.7 Å². The smallest absolute Gasteiger partial charge is 0.0956 e. The van der Waals surface area contributed by atoms with Crippen LogP contribution < -0.4 is 0 Å². The molecular weight excluding hydrogens is 188 g/mol. The monoisotopic (exact) mass is 212 g/mol. The zero-order chi connectivity index (χ0) is 11.9. The molecule has 88 valence electrons. The molecule has 0 spiro atoms. The third-order valence-corrected chi connectivity index (χ3v) is 1.59. The Labute approximate surface area is 94.0 Å². The van der Waals surface area contributed by atoms with Gasteiger partial charge < -0.3 is 9.47 Å². The number of rotatable bonds is 6. The van der Waals surface area contributed by atoms with Crippen molar-refractivity contribution in [3.63, 3.8) is 0 Å². The quantitative estimate of drug-likeness (QED) is 0.622. The fourth-order valence-electron chi connectivity index (χ4n) is 0.910. The molecule has 15 heavy (non-hydrogen) atoms. The van der Waals surface area contributed by atoms with Gasteiger partial charge in [0.15, 0.2) is 0 Å². The van der Waals surface area contributed by atoms with Crippen molar-refractivity contribution in [2.45, 2.75) is 41.5 Å². The van der Waals surface area contributed by atoms with Crippen molar-refractivity contribution in [3.05, 3.63) is 23.7 Å². The van der Waals surface area contributed by atoms with Crippen LogP contribution in [0.4, 0.5) is 0 Å². The molecule has 0 aromatic rings. The standard InChI is InChI=1S/C13H24O2/c1-11(2)7-14-9-13(5,6)10-15-8-12(3)4/h7-8H,9-10H2,1-6H3. The molecule has 0 unspecified atom stereocenters. The molecule has 0 aliphatic heterocycles. The summed E-state index contributed by atoms with van der Waals surface area (Å²) in [7, 11) is 0. The van der Waals surface area contributed by atoms with Crippen LogP contribution in [-0.4, -0.2) is 13.2 Å². The first-order valence-corrected chi connectivity index (χ1v) is 5.33. The van der Waals surface area contributed by atoms with Crippen LogP contribution in [0, 0.1) is 5.41 Å². The van der Waals surface area contributed by atoms with Crippen molar-refractivity contribution < 1.29 is 9.47 Å². The van der Waals surface area contributed by atoms with Crippen molar-refractivity contribution in [1.29, 1.82) is 0 Å². The lowest BCUT2D eigenvalue weighted by atomic mass is 9.96. The van der Waals surface area contributed by atoms with E-state index in [4.69, 9.17) is 9.47 Å². The van der Waals surface area contributed by atoms with Crippen LogP contribution in [0.15, 0.2) is 23.7 Å². The summed E-state index contributed by atoms with van der Waals surface area (Å²) in [4.78, 5) is 0. The Morgan fingerprint density at radius 1 is 0.867 bits per heavy atom. The average Bonchev–Trinajstić information content (AvgIpc) is 2.01. The van der Waals surface area contributed by atoms with Gasteiger partial charge in [0.2, 0.25) is 0 Å². The molecule has 0 aromatic heterocycles. The van der Waals surface area contributed by atoms with Gasteiger partial charge in [-0.2, -0.15) is 0 Å². The molecule has 0 atom stereocenters. The van der Waals surface area contributed by atoms with Gasteiger partial charge in [-0.1, -0.05) is 13.8 Å². The molecule has 0 aliphatic carbocycles. The van der Waals surface area contributed by atoms with Crippen molar-refractivity contribution in [2.75, 3.05) is 13.2 Å². The molecule has 0 aliphatic rings. The molecule has 0 radical (unpaired) electrons. The summed E-state index contributed by atoms with van der Waals surface area (Å²) < 4.78 is 10.9. The Morgan fingerprint density at radius 3 is 1.47 bits per heavy atom. The topological polar surface area (TPSA) is 18.5 Å². The summed E-state index contributed by atoms with van der Waals surface area (Å²) in [5.41, 5.74) is 2.39. The molecule has 0 aromatic carbocycles. The Morgan fingerprint density at radius 2 is 1.20 bits per heavy atom. The van der Waals surface area contributed by atoms with Gasteiger partial charge in [-0.15, -0.1) is 0 Å². The number of hydrogen-bond acceptors (Lipinski definition) is 2. The number of hydrogen-bond donors (Lipinski definition) is 0. The Balaban J connectivity index is 3.86. The van der Waals surface area contributed by atoms with Crippen LogP contribution in [0.2, 0.25) is 0 Å². The largest absolute Gasteiger partial charge is 0.501 e. The van der Waals surface area contributed by atoms with E-state index in [-0.39, 0.29) is 5.41 Å². The molecule has 2 heteroatoms.